The number of imidazole rings is 1. The molecule has 2 unspecified atom stereocenters. The Morgan fingerprint density at radius 3 is 2.95 bits per heavy atom. The monoisotopic (exact) mass is 299 g/mol. The van der Waals surface area contributed by atoms with Gasteiger partial charge in [-0.1, -0.05) is 23.8 Å². The Morgan fingerprint density at radius 2 is 2.18 bits per heavy atom. The third kappa shape index (κ3) is 3.38. The molecular formula is C17H25N5. The number of H-pyrrole nitrogens is 1. The number of hydrazine groups is 1. The summed E-state index contributed by atoms with van der Waals surface area (Å²) in [6, 6.07) is 7.06. The first-order valence-electron chi connectivity index (χ1n) is 7.86. The number of hydrogen-bond donors (Lipinski definition) is 3. The van der Waals surface area contributed by atoms with Gasteiger partial charge in [0.15, 0.2) is 0 Å². The van der Waals surface area contributed by atoms with Crippen LogP contribution >= 0.6 is 0 Å². The molecule has 2 aromatic rings. The molecule has 0 radical (unpaired) electrons. The number of benzene rings is 1. The quantitative estimate of drug-likeness (QED) is 0.789. The fraction of sp³-hybridized carbons (Fsp3) is 0.471. The molecule has 5 nitrogen and oxygen atoms in total. The summed E-state index contributed by atoms with van der Waals surface area (Å²) in [6.07, 6.45) is 3.68. The van der Waals surface area contributed by atoms with Crippen molar-refractivity contribution in [1.29, 1.82) is 0 Å². The summed E-state index contributed by atoms with van der Waals surface area (Å²) < 4.78 is 0. The molecule has 1 fully saturated rings. The van der Waals surface area contributed by atoms with Crippen molar-refractivity contribution in [2.75, 3.05) is 20.1 Å². The zero-order valence-corrected chi connectivity index (χ0v) is 13.6. The van der Waals surface area contributed by atoms with Gasteiger partial charge in [0, 0.05) is 31.4 Å². The zero-order valence-electron chi connectivity index (χ0n) is 13.6. The van der Waals surface area contributed by atoms with Crippen LogP contribution in [0, 0.1) is 19.8 Å². The Kier molecular flexibility index (Phi) is 4.57. The van der Waals surface area contributed by atoms with Crippen LogP contribution in [-0.2, 0) is 6.54 Å². The lowest BCUT2D eigenvalue weighted by Gasteiger charge is -2.25. The molecule has 3 N–H and O–H groups in total. The average molecular weight is 299 g/mol. The van der Waals surface area contributed by atoms with Crippen LogP contribution in [0.15, 0.2) is 30.6 Å². The van der Waals surface area contributed by atoms with Gasteiger partial charge in [0.2, 0.25) is 0 Å². The number of aromatic amines is 1. The highest BCUT2D eigenvalue weighted by Gasteiger charge is 2.30. The molecule has 0 bridgehead atoms. The van der Waals surface area contributed by atoms with Gasteiger partial charge >= 0.3 is 0 Å². The van der Waals surface area contributed by atoms with Crippen molar-refractivity contribution in [2.24, 2.45) is 5.92 Å². The largest absolute Gasteiger partial charge is 0.348 e. The van der Waals surface area contributed by atoms with Gasteiger partial charge in [-0.2, -0.15) is 0 Å². The third-order valence-corrected chi connectivity index (χ3v) is 4.38. The highest BCUT2D eigenvalue weighted by Crippen LogP contribution is 2.28. The van der Waals surface area contributed by atoms with E-state index in [-0.39, 0.29) is 0 Å². The van der Waals surface area contributed by atoms with Crippen LogP contribution in [0.5, 0.6) is 0 Å². The first-order chi connectivity index (χ1) is 10.6. The third-order valence-electron chi connectivity index (χ3n) is 4.38. The number of nitrogens with zero attached hydrogens (tertiary/aromatic N) is 2. The lowest BCUT2D eigenvalue weighted by atomic mass is 9.90. The number of nitrogens with one attached hydrogen (secondary N) is 3. The van der Waals surface area contributed by atoms with E-state index >= 15 is 0 Å². The average Bonchev–Trinajstić information content (AvgIpc) is 3.13. The predicted molar refractivity (Wildman–Crippen MR) is 88.2 cm³/mol. The Hall–Kier alpha value is -1.69. The Labute approximate surface area is 132 Å². The summed E-state index contributed by atoms with van der Waals surface area (Å²) in [4.78, 5) is 9.80. The number of hydrogen-bond acceptors (Lipinski definition) is 4. The molecule has 1 aliphatic heterocycles. The summed E-state index contributed by atoms with van der Waals surface area (Å²) in [6.45, 7) is 7.21. The van der Waals surface area contributed by atoms with Crippen LogP contribution < -0.4 is 10.9 Å². The van der Waals surface area contributed by atoms with E-state index in [9.17, 15) is 0 Å². The van der Waals surface area contributed by atoms with Gasteiger partial charge in [-0.3, -0.25) is 10.3 Å². The minimum atomic E-state index is 0.360. The van der Waals surface area contributed by atoms with E-state index in [4.69, 9.17) is 0 Å². The fourth-order valence-electron chi connectivity index (χ4n) is 3.24. The SMILES string of the molecule is Cc1ccc(C)c(C2NNCC2CN(C)Cc2ncc[nH]2)c1. The van der Waals surface area contributed by atoms with Crippen LogP contribution in [0.1, 0.15) is 28.6 Å². The molecule has 1 aromatic carbocycles. The standard InChI is InChI=1S/C17H25N5/c1-12-4-5-13(2)15(8-12)17-14(9-20-21-17)10-22(3)11-16-18-6-7-19-16/h4-8,14,17,20-21H,9-11H2,1-3H3,(H,18,19). The van der Waals surface area contributed by atoms with Crippen molar-refractivity contribution >= 4 is 0 Å². The minimum Gasteiger partial charge on any atom is -0.348 e. The van der Waals surface area contributed by atoms with E-state index in [0.29, 0.717) is 12.0 Å². The van der Waals surface area contributed by atoms with Gasteiger partial charge in [-0.05, 0) is 32.0 Å². The maximum absolute atomic E-state index is 4.31. The van der Waals surface area contributed by atoms with E-state index in [1.165, 1.54) is 16.7 Å². The molecule has 5 heteroatoms. The topological polar surface area (TPSA) is 56.0 Å². The van der Waals surface area contributed by atoms with Crippen LogP contribution in [0.3, 0.4) is 0 Å². The van der Waals surface area contributed by atoms with Crippen molar-refractivity contribution in [1.82, 2.24) is 25.7 Å². The second-order valence-corrected chi connectivity index (χ2v) is 6.36. The summed E-state index contributed by atoms with van der Waals surface area (Å²) in [5, 5.41) is 0. The molecule has 1 saturated heterocycles. The van der Waals surface area contributed by atoms with E-state index in [2.05, 4.69) is 64.8 Å². The molecule has 0 saturated carbocycles. The molecule has 1 aromatic heterocycles. The summed E-state index contributed by atoms with van der Waals surface area (Å²) in [7, 11) is 2.15. The minimum absolute atomic E-state index is 0.360. The molecule has 118 valence electrons. The lowest BCUT2D eigenvalue weighted by Crippen LogP contribution is -2.30. The highest BCUT2D eigenvalue weighted by atomic mass is 15.4. The van der Waals surface area contributed by atoms with E-state index in [1.807, 2.05) is 6.20 Å². The van der Waals surface area contributed by atoms with Crippen molar-refractivity contribution in [3.8, 4) is 0 Å². The highest BCUT2D eigenvalue weighted by molar-refractivity contribution is 5.34. The predicted octanol–water partition coefficient (Wildman–Crippen LogP) is 1.92. The van der Waals surface area contributed by atoms with Crippen molar-refractivity contribution in [2.45, 2.75) is 26.4 Å². The lowest BCUT2D eigenvalue weighted by molar-refractivity contribution is 0.257. The summed E-state index contributed by atoms with van der Waals surface area (Å²) in [5.74, 6) is 1.56. The van der Waals surface area contributed by atoms with Gasteiger partial charge in [0.1, 0.15) is 5.82 Å². The molecular weight excluding hydrogens is 274 g/mol. The van der Waals surface area contributed by atoms with Gasteiger partial charge in [-0.25, -0.2) is 10.4 Å². The number of aromatic nitrogens is 2. The van der Waals surface area contributed by atoms with Crippen molar-refractivity contribution < 1.29 is 0 Å². The Bertz CT molecular complexity index is 608. The number of aryl methyl sites for hydroxylation is 2. The van der Waals surface area contributed by atoms with Gasteiger partial charge < -0.3 is 4.98 Å². The Morgan fingerprint density at radius 1 is 1.32 bits per heavy atom. The second-order valence-electron chi connectivity index (χ2n) is 6.36. The van der Waals surface area contributed by atoms with E-state index in [1.54, 1.807) is 6.20 Å². The maximum Gasteiger partial charge on any atom is 0.120 e. The summed E-state index contributed by atoms with van der Waals surface area (Å²) >= 11 is 0. The molecule has 22 heavy (non-hydrogen) atoms. The molecule has 1 aliphatic rings. The first-order valence-corrected chi connectivity index (χ1v) is 7.86. The van der Waals surface area contributed by atoms with E-state index in [0.717, 1.165) is 25.5 Å². The van der Waals surface area contributed by atoms with Crippen LogP contribution in [0.25, 0.3) is 0 Å². The molecule has 0 aliphatic carbocycles. The van der Waals surface area contributed by atoms with Gasteiger partial charge in [-0.15, -0.1) is 0 Å². The van der Waals surface area contributed by atoms with Crippen LogP contribution in [0.4, 0.5) is 0 Å². The van der Waals surface area contributed by atoms with Crippen molar-refractivity contribution in [3.05, 3.63) is 53.1 Å². The summed E-state index contributed by atoms with van der Waals surface area (Å²) in [5.41, 5.74) is 10.9. The van der Waals surface area contributed by atoms with Crippen molar-refractivity contribution in [3.63, 3.8) is 0 Å². The smallest absolute Gasteiger partial charge is 0.120 e. The number of rotatable bonds is 5. The molecule has 0 amide bonds. The first kappa shape index (κ1) is 15.2. The Balaban J connectivity index is 1.69. The molecule has 0 spiro atoms. The van der Waals surface area contributed by atoms with Crippen LogP contribution in [-0.4, -0.2) is 35.0 Å². The molecule has 2 heterocycles. The fourth-order valence-corrected chi connectivity index (χ4v) is 3.24. The van der Waals surface area contributed by atoms with Crippen LogP contribution in [0.2, 0.25) is 0 Å². The second kappa shape index (κ2) is 6.60. The zero-order chi connectivity index (χ0) is 15.5. The normalized spacial score (nSPS) is 21.6. The molecule has 2 atom stereocenters. The van der Waals surface area contributed by atoms with Gasteiger partial charge in [0.25, 0.3) is 0 Å². The van der Waals surface area contributed by atoms with Gasteiger partial charge in [0.05, 0.1) is 12.6 Å². The van der Waals surface area contributed by atoms with E-state index < -0.39 is 0 Å². The maximum atomic E-state index is 4.31. The molecule has 3 rings (SSSR count).